The maximum atomic E-state index is 13.9. The van der Waals surface area contributed by atoms with Crippen molar-refractivity contribution in [1.82, 2.24) is 15.1 Å². The van der Waals surface area contributed by atoms with Crippen LogP contribution in [-0.4, -0.2) is 27.3 Å². The Kier molecular flexibility index (Phi) is 4.15. The second-order valence-corrected chi connectivity index (χ2v) is 7.08. The van der Waals surface area contributed by atoms with Gasteiger partial charge in [-0.15, -0.1) is 11.3 Å². The number of benzene rings is 1. The minimum atomic E-state index is -1.24. The van der Waals surface area contributed by atoms with Gasteiger partial charge in [-0.2, -0.15) is 5.10 Å². The lowest BCUT2D eigenvalue weighted by molar-refractivity contribution is 0.0527. The van der Waals surface area contributed by atoms with Gasteiger partial charge in [0.05, 0.1) is 17.6 Å². The maximum absolute atomic E-state index is 13.9. The average molecular weight is 347 g/mol. The topological polar surface area (TPSA) is 67.2 Å². The van der Waals surface area contributed by atoms with Gasteiger partial charge in [0.15, 0.2) is 0 Å². The van der Waals surface area contributed by atoms with Gasteiger partial charge in [0, 0.05) is 28.9 Å². The minimum absolute atomic E-state index is 0.0354. The standard InChI is InChI=1S/C17H18FN3O2S/c1-10-14-12(18)5-4-6-13(14)24-15(10)16(22)19-9-17(2,23)11-7-20-21(3)8-11/h4-8,23H,9H2,1-3H3,(H,19,22). The quantitative estimate of drug-likeness (QED) is 0.763. The number of carbonyl (C=O) groups is 1. The third-order valence-electron chi connectivity index (χ3n) is 4.03. The molecule has 2 N–H and O–H groups in total. The summed E-state index contributed by atoms with van der Waals surface area (Å²) < 4.78 is 16.3. The molecule has 0 aliphatic heterocycles. The molecule has 7 heteroatoms. The summed E-state index contributed by atoms with van der Waals surface area (Å²) in [6.45, 7) is 3.38. The molecule has 0 fully saturated rings. The molecule has 2 heterocycles. The molecule has 0 saturated carbocycles. The number of aliphatic hydroxyl groups is 1. The number of nitrogens with one attached hydrogen (secondary N) is 1. The van der Waals surface area contributed by atoms with Crippen LogP contribution in [-0.2, 0) is 12.6 Å². The SMILES string of the molecule is Cc1c(C(=O)NCC(C)(O)c2cnn(C)c2)sc2cccc(F)c12. The number of fused-ring (bicyclic) bond motifs is 1. The smallest absolute Gasteiger partial charge is 0.261 e. The highest BCUT2D eigenvalue weighted by Crippen LogP contribution is 2.32. The van der Waals surface area contributed by atoms with Crippen LogP contribution >= 0.6 is 11.3 Å². The van der Waals surface area contributed by atoms with Crippen molar-refractivity contribution in [2.75, 3.05) is 6.54 Å². The van der Waals surface area contributed by atoms with Gasteiger partial charge in [-0.1, -0.05) is 6.07 Å². The number of thiophene rings is 1. The molecule has 1 atom stereocenters. The van der Waals surface area contributed by atoms with Crippen molar-refractivity contribution in [3.05, 3.63) is 52.4 Å². The fourth-order valence-corrected chi connectivity index (χ4v) is 3.74. The number of halogens is 1. The second-order valence-electron chi connectivity index (χ2n) is 6.03. The number of rotatable bonds is 4. The van der Waals surface area contributed by atoms with E-state index in [0.29, 0.717) is 21.4 Å². The number of hydrogen-bond donors (Lipinski definition) is 2. The molecule has 126 valence electrons. The van der Waals surface area contributed by atoms with Crippen LogP contribution in [0.15, 0.2) is 30.6 Å². The van der Waals surface area contributed by atoms with E-state index in [1.54, 1.807) is 50.1 Å². The third kappa shape index (κ3) is 2.92. The molecule has 3 aromatic rings. The summed E-state index contributed by atoms with van der Waals surface area (Å²) in [6, 6.07) is 4.80. The van der Waals surface area contributed by atoms with Gasteiger partial charge >= 0.3 is 0 Å². The first-order valence-electron chi connectivity index (χ1n) is 7.47. The van der Waals surface area contributed by atoms with Crippen LogP contribution in [0.4, 0.5) is 4.39 Å². The monoisotopic (exact) mass is 347 g/mol. The van der Waals surface area contributed by atoms with E-state index in [0.717, 1.165) is 4.70 Å². The van der Waals surface area contributed by atoms with Crippen LogP contribution in [0.25, 0.3) is 10.1 Å². The van der Waals surface area contributed by atoms with Crippen LogP contribution in [0.1, 0.15) is 27.7 Å². The van der Waals surface area contributed by atoms with Gasteiger partial charge in [0.25, 0.3) is 5.91 Å². The van der Waals surface area contributed by atoms with Gasteiger partial charge in [0.1, 0.15) is 11.4 Å². The van der Waals surface area contributed by atoms with Gasteiger partial charge < -0.3 is 10.4 Å². The maximum Gasteiger partial charge on any atom is 0.261 e. The van der Waals surface area contributed by atoms with Crippen LogP contribution in [0.3, 0.4) is 0 Å². The molecule has 5 nitrogen and oxygen atoms in total. The van der Waals surface area contributed by atoms with Crippen molar-refractivity contribution < 1.29 is 14.3 Å². The van der Waals surface area contributed by atoms with Gasteiger partial charge in [0.2, 0.25) is 0 Å². The lowest BCUT2D eigenvalue weighted by Gasteiger charge is -2.22. The summed E-state index contributed by atoms with van der Waals surface area (Å²) in [7, 11) is 1.76. The summed E-state index contributed by atoms with van der Waals surface area (Å²) in [5, 5.41) is 17.8. The first-order valence-corrected chi connectivity index (χ1v) is 8.28. The summed E-state index contributed by atoms with van der Waals surface area (Å²) in [5.74, 6) is -0.653. The number of carbonyl (C=O) groups excluding carboxylic acids is 1. The van der Waals surface area contributed by atoms with Crippen LogP contribution < -0.4 is 5.32 Å². The molecule has 0 aliphatic rings. The minimum Gasteiger partial charge on any atom is -0.383 e. The number of nitrogens with zero attached hydrogens (tertiary/aromatic N) is 2. The molecule has 1 unspecified atom stereocenters. The first kappa shape index (κ1) is 16.6. The number of aryl methyl sites for hydroxylation is 2. The fourth-order valence-electron chi connectivity index (χ4n) is 2.60. The molecular weight excluding hydrogens is 329 g/mol. The van der Waals surface area contributed by atoms with Crippen molar-refractivity contribution in [1.29, 1.82) is 0 Å². The molecule has 1 amide bonds. The van der Waals surface area contributed by atoms with Crippen molar-refractivity contribution in [3.63, 3.8) is 0 Å². The number of amides is 1. The zero-order valence-corrected chi connectivity index (χ0v) is 14.4. The highest BCUT2D eigenvalue weighted by Gasteiger charge is 2.26. The Balaban J connectivity index is 1.81. The summed E-state index contributed by atoms with van der Waals surface area (Å²) in [4.78, 5) is 12.9. The second kappa shape index (κ2) is 5.99. The van der Waals surface area contributed by atoms with Crippen LogP contribution in [0.2, 0.25) is 0 Å². The highest BCUT2D eigenvalue weighted by atomic mass is 32.1. The van der Waals surface area contributed by atoms with Gasteiger partial charge in [-0.25, -0.2) is 4.39 Å². The molecule has 24 heavy (non-hydrogen) atoms. The zero-order valence-electron chi connectivity index (χ0n) is 13.6. The summed E-state index contributed by atoms with van der Waals surface area (Å²) >= 11 is 1.25. The van der Waals surface area contributed by atoms with Crippen molar-refractivity contribution in [2.45, 2.75) is 19.4 Å². The third-order valence-corrected chi connectivity index (χ3v) is 5.28. The Bertz CT molecular complexity index is 914. The molecule has 0 radical (unpaired) electrons. The molecule has 3 rings (SSSR count). The lowest BCUT2D eigenvalue weighted by Crippen LogP contribution is -2.38. The Labute approximate surface area is 142 Å². The normalized spacial score (nSPS) is 13.9. The van der Waals surface area contributed by atoms with E-state index in [1.165, 1.54) is 17.4 Å². The molecule has 0 saturated heterocycles. The Morgan fingerprint density at radius 2 is 2.25 bits per heavy atom. The fraction of sp³-hybridized carbons (Fsp3) is 0.294. The predicted molar refractivity (Wildman–Crippen MR) is 91.6 cm³/mol. The van der Waals surface area contributed by atoms with Crippen LogP contribution in [0.5, 0.6) is 0 Å². The van der Waals surface area contributed by atoms with E-state index in [9.17, 15) is 14.3 Å². The zero-order chi connectivity index (χ0) is 17.5. The molecular formula is C17H18FN3O2S. The van der Waals surface area contributed by atoms with E-state index in [1.807, 2.05) is 0 Å². The predicted octanol–water partition coefficient (Wildman–Crippen LogP) is 2.72. The molecule has 0 spiro atoms. The molecule has 2 aromatic heterocycles. The summed E-state index contributed by atoms with van der Waals surface area (Å²) in [5.41, 5.74) is -0.00392. The highest BCUT2D eigenvalue weighted by molar-refractivity contribution is 7.21. The van der Waals surface area contributed by atoms with Crippen molar-refractivity contribution in [3.8, 4) is 0 Å². The first-order chi connectivity index (χ1) is 11.3. The Morgan fingerprint density at radius 1 is 1.50 bits per heavy atom. The van der Waals surface area contributed by atoms with Gasteiger partial charge in [-0.3, -0.25) is 9.48 Å². The van der Waals surface area contributed by atoms with Crippen molar-refractivity contribution in [2.24, 2.45) is 7.05 Å². The van der Waals surface area contributed by atoms with Crippen molar-refractivity contribution >= 4 is 27.3 Å². The van der Waals surface area contributed by atoms with Gasteiger partial charge in [-0.05, 0) is 31.5 Å². The Hall–Kier alpha value is -2.25. The van der Waals surface area contributed by atoms with E-state index in [4.69, 9.17) is 0 Å². The molecule has 0 bridgehead atoms. The van der Waals surface area contributed by atoms with E-state index in [-0.39, 0.29) is 18.3 Å². The van der Waals surface area contributed by atoms with Crippen LogP contribution in [0, 0.1) is 12.7 Å². The number of aromatic nitrogens is 2. The molecule has 0 aliphatic carbocycles. The van der Waals surface area contributed by atoms with E-state index < -0.39 is 5.60 Å². The lowest BCUT2D eigenvalue weighted by atomic mass is 9.99. The largest absolute Gasteiger partial charge is 0.383 e. The van der Waals surface area contributed by atoms with E-state index >= 15 is 0 Å². The molecule has 1 aromatic carbocycles. The Morgan fingerprint density at radius 3 is 2.88 bits per heavy atom. The summed E-state index contributed by atoms with van der Waals surface area (Å²) in [6.07, 6.45) is 3.26. The van der Waals surface area contributed by atoms with E-state index in [2.05, 4.69) is 10.4 Å². The number of hydrogen-bond acceptors (Lipinski definition) is 4. The average Bonchev–Trinajstić information content (AvgIpc) is 3.10.